The summed E-state index contributed by atoms with van der Waals surface area (Å²) < 4.78 is 0. The van der Waals surface area contributed by atoms with Gasteiger partial charge in [-0.3, -0.25) is 14.5 Å². The van der Waals surface area contributed by atoms with Gasteiger partial charge in [-0.1, -0.05) is 11.6 Å². The number of rotatable bonds is 6. The van der Waals surface area contributed by atoms with E-state index in [1.807, 2.05) is 11.8 Å². The van der Waals surface area contributed by atoms with Crippen LogP contribution in [-0.4, -0.2) is 47.6 Å². The highest BCUT2D eigenvalue weighted by molar-refractivity contribution is 5.78. The minimum Gasteiger partial charge on any atom is -0.481 e. The topological polar surface area (TPSA) is 69.6 Å². The Labute approximate surface area is 126 Å². The largest absolute Gasteiger partial charge is 0.481 e. The van der Waals surface area contributed by atoms with Crippen LogP contribution in [-0.2, 0) is 9.59 Å². The fraction of sp³-hybridized carbons (Fsp3) is 0.750. The van der Waals surface area contributed by atoms with Crippen LogP contribution < -0.4 is 5.32 Å². The average molecular weight is 294 g/mol. The van der Waals surface area contributed by atoms with E-state index in [0.29, 0.717) is 26.1 Å². The van der Waals surface area contributed by atoms with Crippen molar-refractivity contribution in [2.45, 2.75) is 51.5 Å². The Hall–Kier alpha value is -1.36. The number of carbonyl (C=O) groups is 2. The van der Waals surface area contributed by atoms with Crippen LogP contribution in [0.3, 0.4) is 0 Å². The highest BCUT2D eigenvalue weighted by Crippen LogP contribution is 2.23. The molecular weight excluding hydrogens is 268 g/mol. The van der Waals surface area contributed by atoms with Gasteiger partial charge in [0, 0.05) is 12.6 Å². The summed E-state index contributed by atoms with van der Waals surface area (Å²) in [5, 5.41) is 12.0. The monoisotopic (exact) mass is 294 g/mol. The number of carboxylic acids is 1. The molecule has 2 atom stereocenters. The Morgan fingerprint density at radius 1 is 1.43 bits per heavy atom. The summed E-state index contributed by atoms with van der Waals surface area (Å²) in [6, 6.07) is -0.0608. The van der Waals surface area contributed by atoms with Gasteiger partial charge in [-0.2, -0.15) is 0 Å². The highest BCUT2D eigenvalue weighted by Gasteiger charge is 2.36. The quantitative estimate of drug-likeness (QED) is 0.733. The minimum absolute atomic E-state index is 0.00398. The Bertz CT molecular complexity index is 420. The molecule has 2 rings (SSSR count). The molecule has 5 nitrogen and oxygen atoms in total. The summed E-state index contributed by atoms with van der Waals surface area (Å²) in [5.74, 6) is -1.09. The average Bonchev–Trinajstić information content (AvgIpc) is 2.81. The number of likely N-dealkylation sites (tertiary alicyclic amines) is 1. The van der Waals surface area contributed by atoms with E-state index < -0.39 is 5.97 Å². The first-order valence-corrected chi connectivity index (χ1v) is 7.99. The zero-order chi connectivity index (χ0) is 15.2. The first kappa shape index (κ1) is 16.0. The Morgan fingerprint density at radius 3 is 2.86 bits per heavy atom. The van der Waals surface area contributed by atoms with E-state index in [9.17, 15) is 9.59 Å². The maximum atomic E-state index is 11.9. The lowest BCUT2D eigenvalue weighted by Gasteiger charge is -2.22. The van der Waals surface area contributed by atoms with Gasteiger partial charge in [0.15, 0.2) is 0 Å². The Balaban J connectivity index is 1.68. The van der Waals surface area contributed by atoms with Crippen LogP contribution in [0.25, 0.3) is 0 Å². The Kier molecular flexibility index (Phi) is 5.79. The zero-order valence-electron chi connectivity index (χ0n) is 12.8. The number of hydrogen-bond donors (Lipinski definition) is 2. The molecule has 1 aliphatic carbocycles. The summed E-state index contributed by atoms with van der Waals surface area (Å²) in [5.41, 5.74) is 1.46. The molecule has 1 saturated heterocycles. The fourth-order valence-electron chi connectivity index (χ4n) is 3.29. The van der Waals surface area contributed by atoms with Gasteiger partial charge in [0.25, 0.3) is 0 Å². The van der Waals surface area contributed by atoms with E-state index in [1.165, 1.54) is 31.3 Å². The van der Waals surface area contributed by atoms with Crippen LogP contribution in [0.1, 0.15) is 45.4 Å². The van der Waals surface area contributed by atoms with Crippen LogP contribution in [0.15, 0.2) is 11.6 Å². The number of hydrogen-bond acceptors (Lipinski definition) is 3. The van der Waals surface area contributed by atoms with Crippen molar-refractivity contribution in [3.8, 4) is 0 Å². The lowest BCUT2D eigenvalue weighted by atomic mass is 9.97. The number of amides is 1. The molecular formula is C16H26N2O3. The van der Waals surface area contributed by atoms with Crippen molar-refractivity contribution in [2.24, 2.45) is 5.92 Å². The first-order valence-electron chi connectivity index (χ1n) is 7.99. The molecule has 1 amide bonds. The van der Waals surface area contributed by atoms with Gasteiger partial charge in [-0.15, -0.1) is 0 Å². The molecule has 0 saturated carbocycles. The van der Waals surface area contributed by atoms with Gasteiger partial charge in [0.1, 0.15) is 0 Å². The molecule has 2 N–H and O–H groups in total. The highest BCUT2D eigenvalue weighted by atomic mass is 16.4. The van der Waals surface area contributed by atoms with Crippen molar-refractivity contribution >= 4 is 11.9 Å². The number of allylic oxidation sites excluding steroid dienone is 1. The lowest BCUT2D eigenvalue weighted by Crippen LogP contribution is -2.41. The third kappa shape index (κ3) is 4.56. The van der Waals surface area contributed by atoms with E-state index in [0.717, 1.165) is 6.42 Å². The molecule has 118 valence electrons. The number of nitrogens with zero attached hydrogens (tertiary/aromatic N) is 1. The van der Waals surface area contributed by atoms with E-state index in [4.69, 9.17) is 5.11 Å². The van der Waals surface area contributed by atoms with Crippen molar-refractivity contribution < 1.29 is 14.7 Å². The maximum Gasteiger partial charge on any atom is 0.308 e. The molecule has 1 fully saturated rings. The number of nitrogens with one attached hydrogen (secondary N) is 1. The minimum atomic E-state index is -0.755. The van der Waals surface area contributed by atoms with Gasteiger partial charge in [0.2, 0.25) is 5.91 Å². The van der Waals surface area contributed by atoms with Crippen molar-refractivity contribution in [3.05, 3.63) is 11.6 Å². The summed E-state index contributed by atoms with van der Waals surface area (Å²) in [4.78, 5) is 25.0. The standard InChI is InChI=1S/C16H26N2O3/c1-12-14(16(20)21)8-10-18(12)11-15(19)17-9-7-13-5-3-2-4-6-13/h5,12,14H,2-4,6-11H2,1H3,(H,17,19)(H,20,21). The normalized spacial score (nSPS) is 26.4. The van der Waals surface area contributed by atoms with E-state index in [-0.39, 0.29) is 17.9 Å². The molecule has 2 aliphatic rings. The number of carbonyl (C=O) groups excluding carboxylic acids is 1. The van der Waals surface area contributed by atoms with Crippen molar-refractivity contribution in [1.29, 1.82) is 0 Å². The lowest BCUT2D eigenvalue weighted by molar-refractivity contribution is -0.142. The smallest absolute Gasteiger partial charge is 0.308 e. The molecule has 0 aromatic rings. The van der Waals surface area contributed by atoms with E-state index in [1.54, 1.807) is 0 Å². The zero-order valence-corrected chi connectivity index (χ0v) is 12.8. The van der Waals surface area contributed by atoms with Gasteiger partial charge >= 0.3 is 5.97 Å². The molecule has 5 heteroatoms. The molecule has 21 heavy (non-hydrogen) atoms. The second-order valence-corrected chi connectivity index (χ2v) is 6.15. The van der Waals surface area contributed by atoms with Gasteiger partial charge in [0.05, 0.1) is 12.5 Å². The summed E-state index contributed by atoms with van der Waals surface area (Å²) >= 11 is 0. The molecule has 0 aromatic carbocycles. The molecule has 0 radical (unpaired) electrons. The predicted octanol–water partition coefficient (Wildman–Crippen LogP) is 1.79. The third-order valence-electron chi connectivity index (χ3n) is 4.70. The van der Waals surface area contributed by atoms with E-state index >= 15 is 0 Å². The first-order chi connectivity index (χ1) is 10.1. The molecule has 1 heterocycles. The van der Waals surface area contributed by atoms with Gasteiger partial charge in [-0.25, -0.2) is 0 Å². The summed E-state index contributed by atoms with van der Waals surface area (Å²) in [6.45, 7) is 3.59. The summed E-state index contributed by atoms with van der Waals surface area (Å²) in [7, 11) is 0. The van der Waals surface area contributed by atoms with E-state index in [2.05, 4.69) is 11.4 Å². The second kappa shape index (κ2) is 7.59. The molecule has 0 aromatic heterocycles. The van der Waals surface area contributed by atoms with Crippen molar-refractivity contribution in [3.63, 3.8) is 0 Å². The molecule has 0 bridgehead atoms. The maximum absolute atomic E-state index is 11.9. The van der Waals surface area contributed by atoms with Crippen LogP contribution in [0, 0.1) is 5.92 Å². The van der Waals surface area contributed by atoms with Gasteiger partial charge < -0.3 is 10.4 Å². The predicted molar refractivity (Wildman–Crippen MR) is 81.0 cm³/mol. The molecule has 1 aliphatic heterocycles. The van der Waals surface area contributed by atoms with Crippen LogP contribution in [0.4, 0.5) is 0 Å². The van der Waals surface area contributed by atoms with Crippen molar-refractivity contribution in [2.75, 3.05) is 19.6 Å². The van der Waals surface area contributed by atoms with Crippen LogP contribution >= 0.6 is 0 Å². The van der Waals surface area contributed by atoms with Crippen LogP contribution in [0.2, 0.25) is 0 Å². The Morgan fingerprint density at radius 2 is 2.24 bits per heavy atom. The molecule has 0 spiro atoms. The SMILES string of the molecule is CC1C(C(=O)O)CCN1CC(=O)NCCC1=CCCCC1. The van der Waals surface area contributed by atoms with Gasteiger partial charge in [-0.05, 0) is 52.0 Å². The summed E-state index contributed by atoms with van der Waals surface area (Å²) in [6.07, 6.45) is 8.77. The third-order valence-corrected chi connectivity index (χ3v) is 4.70. The van der Waals surface area contributed by atoms with Crippen molar-refractivity contribution in [1.82, 2.24) is 10.2 Å². The number of aliphatic carboxylic acids is 1. The molecule has 2 unspecified atom stereocenters. The second-order valence-electron chi connectivity index (χ2n) is 6.15. The van der Waals surface area contributed by atoms with Crippen LogP contribution in [0.5, 0.6) is 0 Å². The number of carboxylic acid groups (broad SMARTS) is 1. The fourth-order valence-corrected chi connectivity index (χ4v) is 3.29.